The number of carbonyl (C=O) groups is 3. The molecule has 2 aromatic rings. The van der Waals surface area contributed by atoms with Crippen LogP contribution in [0.25, 0.3) is 0 Å². The second-order valence-corrected chi connectivity index (χ2v) is 7.37. The Hall–Kier alpha value is -3.35. The van der Waals surface area contributed by atoms with Gasteiger partial charge in [0.05, 0.1) is 18.7 Å². The molecule has 29 heavy (non-hydrogen) atoms. The molecular weight excluding hydrogens is 370 g/mol. The summed E-state index contributed by atoms with van der Waals surface area (Å²) in [6, 6.07) is 10.9. The van der Waals surface area contributed by atoms with Crippen molar-refractivity contribution in [2.45, 2.75) is 32.2 Å². The fourth-order valence-corrected chi connectivity index (χ4v) is 3.96. The molecule has 0 aliphatic carbocycles. The minimum Gasteiger partial charge on any atom is -0.497 e. The van der Waals surface area contributed by atoms with Crippen LogP contribution in [0.1, 0.15) is 36.0 Å². The number of nitrogens with zero attached hydrogens (tertiary/aromatic N) is 1. The summed E-state index contributed by atoms with van der Waals surface area (Å²) < 4.78 is 5.10. The number of anilines is 2. The Morgan fingerprint density at radius 1 is 1.17 bits per heavy atom. The van der Waals surface area contributed by atoms with E-state index < -0.39 is 11.8 Å². The molecule has 0 saturated heterocycles. The van der Waals surface area contributed by atoms with Crippen molar-refractivity contribution in [2.24, 2.45) is 0 Å². The topological polar surface area (TPSA) is 87.7 Å². The third-order valence-electron chi connectivity index (χ3n) is 5.50. The van der Waals surface area contributed by atoms with E-state index in [1.807, 2.05) is 30.0 Å². The largest absolute Gasteiger partial charge is 0.497 e. The maximum Gasteiger partial charge on any atom is 0.313 e. The molecule has 4 rings (SSSR count). The van der Waals surface area contributed by atoms with E-state index in [4.69, 9.17) is 4.74 Å². The maximum atomic E-state index is 12.4. The number of hydrogen-bond acceptors (Lipinski definition) is 4. The van der Waals surface area contributed by atoms with Gasteiger partial charge < -0.3 is 20.3 Å². The van der Waals surface area contributed by atoms with Crippen molar-refractivity contribution >= 4 is 29.1 Å². The monoisotopic (exact) mass is 393 g/mol. The number of carbonyl (C=O) groups excluding carboxylic acids is 3. The number of rotatable bonds is 4. The van der Waals surface area contributed by atoms with Crippen molar-refractivity contribution in [3.63, 3.8) is 0 Å². The predicted octanol–water partition coefficient (Wildman–Crippen LogP) is 2.35. The molecule has 150 valence electrons. The van der Waals surface area contributed by atoms with Gasteiger partial charge >= 0.3 is 11.8 Å². The Bertz CT molecular complexity index is 984. The molecule has 3 amide bonds. The third kappa shape index (κ3) is 3.55. The third-order valence-corrected chi connectivity index (χ3v) is 5.50. The fourth-order valence-electron chi connectivity index (χ4n) is 3.96. The highest BCUT2D eigenvalue weighted by molar-refractivity contribution is 6.39. The molecule has 2 N–H and O–H groups in total. The van der Waals surface area contributed by atoms with Gasteiger partial charge in [0.1, 0.15) is 5.75 Å². The summed E-state index contributed by atoms with van der Waals surface area (Å²) in [6.45, 7) is 2.86. The number of ether oxygens (including phenoxy) is 1. The standard InChI is InChI=1S/C22H23N3O4/c1-13-18-11-16(10-15-4-3-9-25(19(15)18)22(13)28)24-21(27)20(26)23-12-14-5-7-17(29-2)8-6-14/h5-8,10-11,13H,3-4,9,12H2,1-2H3,(H,23,26)(H,24,27)/t13-/m0/s1. The zero-order chi connectivity index (χ0) is 20.5. The maximum absolute atomic E-state index is 12.4. The van der Waals surface area contributed by atoms with E-state index in [9.17, 15) is 14.4 Å². The van der Waals surface area contributed by atoms with Gasteiger partial charge in [0.2, 0.25) is 5.91 Å². The summed E-state index contributed by atoms with van der Waals surface area (Å²) in [5.74, 6) is -0.843. The molecule has 2 aliphatic heterocycles. The highest BCUT2D eigenvalue weighted by Crippen LogP contribution is 2.44. The van der Waals surface area contributed by atoms with Crippen LogP contribution in [0.15, 0.2) is 36.4 Å². The first-order chi connectivity index (χ1) is 14.0. The minimum absolute atomic E-state index is 0.0988. The summed E-state index contributed by atoms with van der Waals surface area (Å²) >= 11 is 0. The van der Waals surface area contributed by atoms with E-state index in [1.54, 1.807) is 25.3 Å². The first-order valence-electron chi connectivity index (χ1n) is 9.68. The van der Waals surface area contributed by atoms with Gasteiger partial charge in [-0.05, 0) is 60.7 Å². The molecule has 0 aromatic heterocycles. The highest BCUT2D eigenvalue weighted by atomic mass is 16.5. The van der Waals surface area contributed by atoms with Crippen LogP contribution in [0.2, 0.25) is 0 Å². The van der Waals surface area contributed by atoms with E-state index in [0.717, 1.165) is 47.5 Å². The van der Waals surface area contributed by atoms with Crippen molar-refractivity contribution in [1.29, 1.82) is 0 Å². The summed E-state index contributed by atoms with van der Waals surface area (Å²) in [4.78, 5) is 38.8. The SMILES string of the molecule is COc1ccc(CNC(=O)C(=O)Nc2cc3c4c(c2)[C@H](C)C(=O)N4CCC3)cc1. The highest BCUT2D eigenvalue weighted by Gasteiger charge is 2.38. The molecule has 7 nitrogen and oxygen atoms in total. The lowest BCUT2D eigenvalue weighted by Crippen LogP contribution is -2.35. The van der Waals surface area contributed by atoms with Gasteiger partial charge in [0.25, 0.3) is 0 Å². The number of aryl methyl sites for hydroxylation is 1. The average molecular weight is 393 g/mol. The zero-order valence-electron chi connectivity index (χ0n) is 16.5. The van der Waals surface area contributed by atoms with Crippen LogP contribution in [0.5, 0.6) is 5.75 Å². The zero-order valence-corrected chi connectivity index (χ0v) is 16.5. The van der Waals surface area contributed by atoms with E-state index in [1.165, 1.54) is 0 Å². The number of nitrogens with one attached hydrogen (secondary N) is 2. The van der Waals surface area contributed by atoms with Crippen LogP contribution >= 0.6 is 0 Å². The second-order valence-electron chi connectivity index (χ2n) is 7.37. The van der Waals surface area contributed by atoms with Crippen molar-refractivity contribution in [3.05, 3.63) is 53.1 Å². The molecule has 7 heteroatoms. The van der Waals surface area contributed by atoms with Crippen LogP contribution in [-0.4, -0.2) is 31.4 Å². The van der Waals surface area contributed by atoms with Crippen LogP contribution in [0.4, 0.5) is 11.4 Å². The van der Waals surface area contributed by atoms with Gasteiger partial charge in [-0.15, -0.1) is 0 Å². The lowest BCUT2D eigenvalue weighted by molar-refractivity contribution is -0.136. The second kappa shape index (κ2) is 7.58. The van der Waals surface area contributed by atoms with E-state index in [2.05, 4.69) is 10.6 Å². The summed E-state index contributed by atoms with van der Waals surface area (Å²) in [7, 11) is 1.59. The minimum atomic E-state index is -0.727. The van der Waals surface area contributed by atoms with Crippen molar-refractivity contribution in [3.8, 4) is 5.75 Å². The molecule has 0 saturated carbocycles. The molecule has 1 atom stereocenters. The molecule has 0 radical (unpaired) electrons. The Morgan fingerprint density at radius 3 is 2.66 bits per heavy atom. The Labute approximate surface area is 169 Å². The first kappa shape index (κ1) is 19.0. The smallest absolute Gasteiger partial charge is 0.313 e. The molecule has 0 unspecified atom stereocenters. The average Bonchev–Trinajstić information content (AvgIpc) is 2.98. The van der Waals surface area contributed by atoms with E-state index in [0.29, 0.717) is 5.69 Å². The lowest BCUT2D eigenvalue weighted by atomic mass is 9.96. The molecule has 2 aromatic carbocycles. The summed E-state index contributed by atoms with van der Waals surface area (Å²) in [5.41, 5.74) is 4.35. The molecular formula is C22H23N3O4. The van der Waals surface area contributed by atoms with Crippen molar-refractivity contribution in [2.75, 3.05) is 23.9 Å². The van der Waals surface area contributed by atoms with Crippen molar-refractivity contribution in [1.82, 2.24) is 5.32 Å². The quantitative estimate of drug-likeness (QED) is 0.781. The molecule has 0 fully saturated rings. The lowest BCUT2D eigenvalue weighted by Gasteiger charge is -2.26. The predicted molar refractivity (Wildman–Crippen MR) is 109 cm³/mol. The summed E-state index contributed by atoms with van der Waals surface area (Å²) in [5, 5.41) is 5.29. The number of amides is 3. The fraction of sp³-hybridized carbons (Fsp3) is 0.318. The Kier molecular flexibility index (Phi) is 4.96. The van der Waals surface area contributed by atoms with Gasteiger partial charge in [-0.3, -0.25) is 14.4 Å². The van der Waals surface area contributed by atoms with Crippen LogP contribution in [0, 0.1) is 0 Å². The van der Waals surface area contributed by atoms with Crippen LogP contribution in [-0.2, 0) is 27.3 Å². The number of benzene rings is 2. The van der Waals surface area contributed by atoms with E-state index in [-0.39, 0.29) is 18.4 Å². The van der Waals surface area contributed by atoms with Gasteiger partial charge in [-0.2, -0.15) is 0 Å². The normalized spacial score (nSPS) is 17.0. The Balaban J connectivity index is 1.43. The number of methoxy groups -OCH3 is 1. The van der Waals surface area contributed by atoms with Crippen molar-refractivity contribution < 1.29 is 19.1 Å². The molecule has 0 bridgehead atoms. The van der Waals surface area contributed by atoms with Gasteiger partial charge in [-0.1, -0.05) is 12.1 Å². The van der Waals surface area contributed by atoms with Gasteiger partial charge in [0, 0.05) is 18.8 Å². The Morgan fingerprint density at radius 2 is 1.93 bits per heavy atom. The van der Waals surface area contributed by atoms with E-state index >= 15 is 0 Å². The molecule has 2 heterocycles. The summed E-state index contributed by atoms with van der Waals surface area (Å²) in [6.07, 6.45) is 1.75. The first-order valence-corrected chi connectivity index (χ1v) is 9.68. The van der Waals surface area contributed by atoms with Gasteiger partial charge in [0.15, 0.2) is 0 Å². The van der Waals surface area contributed by atoms with Crippen LogP contribution < -0.4 is 20.3 Å². The van der Waals surface area contributed by atoms with Gasteiger partial charge in [-0.25, -0.2) is 0 Å². The number of hydrogen-bond donors (Lipinski definition) is 2. The molecule has 2 aliphatic rings. The van der Waals surface area contributed by atoms with Crippen LogP contribution in [0.3, 0.4) is 0 Å². The molecule has 0 spiro atoms.